The third kappa shape index (κ3) is 30.1. The molecule has 0 rings (SSSR count). The van der Waals surface area contributed by atoms with Crippen molar-refractivity contribution in [3.63, 3.8) is 0 Å². The highest BCUT2D eigenvalue weighted by atomic mass is 15.1. The van der Waals surface area contributed by atoms with Crippen LogP contribution in [0.15, 0.2) is 4.99 Å². The number of guanidine groups is 1. The molecule has 0 aliphatic heterocycles. The van der Waals surface area contributed by atoms with Crippen LogP contribution >= 0.6 is 0 Å². The van der Waals surface area contributed by atoms with E-state index in [1.807, 2.05) is 13.8 Å². The van der Waals surface area contributed by atoms with Gasteiger partial charge in [-0.1, -0.05) is 65.2 Å². The lowest BCUT2D eigenvalue weighted by molar-refractivity contribution is 0.504. The van der Waals surface area contributed by atoms with Gasteiger partial charge in [0.1, 0.15) is 6.29 Å². The van der Waals surface area contributed by atoms with E-state index >= 15 is 0 Å². The van der Waals surface area contributed by atoms with Crippen LogP contribution in [-0.2, 0) is 0 Å². The highest BCUT2D eigenvalue weighted by Crippen LogP contribution is 2.06. The van der Waals surface area contributed by atoms with E-state index in [0.29, 0.717) is 0 Å². The molecule has 0 unspecified atom stereocenters. The summed E-state index contributed by atoms with van der Waals surface area (Å²) in [6.45, 7) is 8.00. The van der Waals surface area contributed by atoms with E-state index in [9.17, 15) is 0 Å². The van der Waals surface area contributed by atoms with E-state index in [2.05, 4.69) is 15.6 Å². The number of hydrogen-bond acceptors (Lipinski definition) is 5. The first kappa shape index (κ1) is 28.3. The van der Waals surface area contributed by atoms with Crippen LogP contribution in [0.2, 0.25) is 0 Å². The van der Waals surface area contributed by atoms with Crippen molar-refractivity contribution in [1.82, 2.24) is 10.6 Å². The van der Waals surface area contributed by atoms with Gasteiger partial charge in [-0.3, -0.25) is 10.3 Å². The fourth-order valence-corrected chi connectivity index (χ4v) is 2.75. The summed E-state index contributed by atoms with van der Waals surface area (Å²) >= 11 is 0. The van der Waals surface area contributed by atoms with Gasteiger partial charge < -0.3 is 28.3 Å². The molecule has 0 spiro atoms. The van der Waals surface area contributed by atoms with E-state index < -0.39 is 0 Å². The summed E-state index contributed by atoms with van der Waals surface area (Å²) in [6.07, 6.45) is 14.8. The molecule has 10 N–H and O–H groups in total. The summed E-state index contributed by atoms with van der Waals surface area (Å²) in [5.41, 5.74) is 21.4. The molecule has 0 bridgehead atoms. The number of rotatable bonds is 19. The van der Waals surface area contributed by atoms with Crippen molar-refractivity contribution in [2.24, 2.45) is 27.9 Å². The first-order valence-corrected chi connectivity index (χ1v) is 11.1. The van der Waals surface area contributed by atoms with Gasteiger partial charge in [0.2, 0.25) is 0 Å². The largest absolute Gasteiger partial charge is 0.370 e. The van der Waals surface area contributed by atoms with Gasteiger partial charge in [-0.05, 0) is 45.3 Å². The summed E-state index contributed by atoms with van der Waals surface area (Å²) in [4.78, 5) is 3.99. The summed E-state index contributed by atoms with van der Waals surface area (Å²) in [5, 5.41) is 6.58. The Balaban J connectivity index is 0. The maximum Gasteiger partial charge on any atom is 0.185 e. The van der Waals surface area contributed by atoms with Crippen molar-refractivity contribution in [3.05, 3.63) is 0 Å². The van der Waals surface area contributed by atoms with Crippen LogP contribution in [0.5, 0.6) is 0 Å². The Kier molecular flexibility index (Phi) is 26.3. The Hall–Kier alpha value is -0.890. The predicted molar refractivity (Wildman–Crippen MR) is 120 cm³/mol. The molecular formula is C20H49N7. The summed E-state index contributed by atoms with van der Waals surface area (Å²) in [6, 6.07) is 0. The molecule has 0 aliphatic rings. The summed E-state index contributed by atoms with van der Waals surface area (Å²) < 4.78 is 0. The lowest BCUT2D eigenvalue weighted by atomic mass is 10.1. The van der Waals surface area contributed by atoms with Crippen molar-refractivity contribution in [2.45, 2.75) is 97.2 Å². The Bertz CT molecular complexity index is 292. The lowest BCUT2D eigenvalue weighted by Crippen LogP contribution is -2.45. The topological polar surface area (TPSA) is 140 Å². The quantitative estimate of drug-likeness (QED) is 0.0869. The second-order valence-electron chi connectivity index (χ2n) is 6.78. The van der Waals surface area contributed by atoms with Gasteiger partial charge in [-0.25, -0.2) is 0 Å². The van der Waals surface area contributed by atoms with Crippen LogP contribution in [0.3, 0.4) is 0 Å². The summed E-state index contributed by atoms with van der Waals surface area (Å²) in [5.74, 6) is 0.205. The normalized spacial score (nSPS) is 10.6. The highest BCUT2D eigenvalue weighted by molar-refractivity contribution is 5.75. The van der Waals surface area contributed by atoms with Gasteiger partial charge in [0, 0.05) is 6.54 Å². The number of nitrogens with one attached hydrogen (secondary N) is 2. The number of nitrogens with zero attached hydrogens (tertiary/aromatic N) is 1. The first-order valence-electron chi connectivity index (χ1n) is 11.1. The SMILES string of the molecule is CC.NC(N)=NCCCCCCCCNCCCCCCCCNC(N)N. The number of unbranched alkanes of at least 4 members (excludes halogenated alkanes) is 10. The van der Waals surface area contributed by atoms with E-state index in [1.54, 1.807) is 0 Å². The Morgan fingerprint density at radius 2 is 1.07 bits per heavy atom. The van der Waals surface area contributed by atoms with Gasteiger partial charge in [-0.2, -0.15) is 0 Å². The van der Waals surface area contributed by atoms with Crippen LogP contribution < -0.4 is 33.6 Å². The van der Waals surface area contributed by atoms with Crippen LogP contribution in [0.25, 0.3) is 0 Å². The van der Waals surface area contributed by atoms with Gasteiger partial charge in [0.15, 0.2) is 5.96 Å². The Labute approximate surface area is 168 Å². The molecular weight excluding hydrogens is 338 g/mol. The molecule has 7 heteroatoms. The van der Waals surface area contributed by atoms with Crippen LogP contribution in [0, 0.1) is 0 Å². The van der Waals surface area contributed by atoms with Crippen molar-refractivity contribution in [1.29, 1.82) is 0 Å². The zero-order valence-corrected chi connectivity index (χ0v) is 18.1. The predicted octanol–water partition coefficient (Wildman–Crippen LogP) is 2.35. The molecule has 0 aromatic heterocycles. The molecule has 0 atom stereocenters. The van der Waals surface area contributed by atoms with Crippen molar-refractivity contribution < 1.29 is 0 Å². The average molecular weight is 388 g/mol. The minimum atomic E-state index is -0.373. The van der Waals surface area contributed by atoms with Crippen LogP contribution in [-0.4, -0.2) is 38.4 Å². The van der Waals surface area contributed by atoms with E-state index in [1.165, 1.54) is 64.2 Å². The zero-order chi connectivity index (χ0) is 20.6. The molecule has 0 aromatic rings. The maximum atomic E-state index is 5.42. The van der Waals surface area contributed by atoms with E-state index in [0.717, 1.165) is 39.0 Å². The molecule has 0 saturated heterocycles. The minimum Gasteiger partial charge on any atom is -0.370 e. The van der Waals surface area contributed by atoms with Crippen LogP contribution in [0.1, 0.15) is 90.9 Å². The third-order valence-electron chi connectivity index (χ3n) is 4.22. The maximum absolute atomic E-state index is 5.42. The Morgan fingerprint density at radius 3 is 1.52 bits per heavy atom. The van der Waals surface area contributed by atoms with E-state index in [-0.39, 0.29) is 12.2 Å². The fourth-order valence-electron chi connectivity index (χ4n) is 2.75. The molecule has 0 fully saturated rings. The summed E-state index contributed by atoms with van der Waals surface area (Å²) in [7, 11) is 0. The van der Waals surface area contributed by atoms with Crippen molar-refractivity contribution >= 4 is 5.96 Å². The van der Waals surface area contributed by atoms with E-state index in [4.69, 9.17) is 22.9 Å². The van der Waals surface area contributed by atoms with Gasteiger partial charge in [0.25, 0.3) is 0 Å². The molecule has 0 radical (unpaired) electrons. The first-order chi connectivity index (χ1) is 13.1. The van der Waals surface area contributed by atoms with Crippen LogP contribution in [0.4, 0.5) is 0 Å². The molecule has 7 nitrogen and oxygen atoms in total. The zero-order valence-electron chi connectivity index (χ0n) is 18.1. The lowest BCUT2D eigenvalue weighted by Gasteiger charge is -2.07. The molecule has 0 amide bonds. The molecule has 164 valence electrons. The minimum absolute atomic E-state index is 0.205. The second-order valence-corrected chi connectivity index (χ2v) is 6.78. The van der Waals surface area contributed by atoms with Gasteiger partial charge >= 0.3 is 0 Å². The highest BCUT2D eigenvalue weighted by Gasteiger charge is 1.95. The molecule has 0 saturated carbocycles. The Morgan fingerprint density at radius 1 is 0.667 bits per heavy atom. The molecule has 27 heavy (non-hydrogen) atoms. The monoisotopic (exact) mass is 387 g/mol. The standard InChI is InChI=1S/C18H43N7.C2H6/c19-17(20)24-15-11-7-3-1-5-9-13-23-14-10-6-2-4-8-12-16-25-18(21)22;1-2/h17,23-24H,1-16,19-20H2,(H4,21,22,25);1-2H3. The molecule has 0 heterocycles. The van der Waals surface area contributed by atoms with Gasteiger partial charge in [-0.15, -0.1) is 0 Å². The fraction of sp³-hybridized carbons (Fsp3) is 0.950. The second kappa shape index (κ2) is 25.1. The third-order valence-corrected chi connectivity index (χ3v) is 4.22. The smallest absolute Gasteiger partial charge is 0.185 e. The van der Waals surface area contributed by atoms with Crippen molar-refractivity contribution in [2.75, 3.05) is 26.2 Å². The van der Waals surface area contributed by atoms with Crippen molar-refractivity contribution in [3.8, 4) is 0 Å². The van der Waals surface area contributed by atoms with Gasteiger partial charge in [0.05, 0.1) is 0 Å². The average Bonchev–Trinajstić information content (AvgIpc) is 2.64. The molecule has 0 aromatic carbocycles. The molecule has 0 aliphatic carbocycles. The number of aliphatic imine (C=N–C) groups is 1. The number of nitrogens with two attached hydrogens (primary N) is 4. The number of hydrogen-bond donors (Lipinski definition) is 6.